The molecule has 0 aliphatic heterocycles. The molecule has 0 bridgehead atoms. The summed E-state index contributed by atoms with van der Waals surface area (Å²) < 4.78 is 0.690. The highest BCUT2D eigenvalue weighted by molar-refractivity contribution is 14.1. The number of aromatic nitrogens is 1. The van der Waals surface area contributed by atoms with Gasteiger partial charge in [0, 0.05) is 15.3 Å². The number of carboxylic acid groups (broad SMARTS) is 1. The third-order valence-electron chi connectivity index (χ3n) is 1.82. The first-order valence-electron chi connectivity index (χ1n) is 3.69. The second kappa shape index (κ2) is 4.00. The Morgan fingerprint density at radius 2 is 2.36 bits per heavy atom. The molecule has 0 spiro atoms. The van der Waals surface area contributed by atoms with Crippen molar-refractivity contribution in [3.8, 4) is 0 Å². The Kier molecular flexibility index (Phi) is 3.33. The van der Waals surface area contributed by atoms with E-state index in [-0.39, 0.29) is 0 Å². The molecule has 3 N–H and O–H groups in total. The predicted octanol–water partition coefficient (Wildman–Crippen LogP) is 1.60. The summed E-state index contributed by atoms with van der Waals surface area (Å²) in [6.07, 6.45) is 1.39. The van der Waals surface area contributed by atoms with Crippen molar-refractivity contribution in [2.75, 3.05) is 0 Å². The molecule has 0 aromatic carbocycles. The molecule has 6 heteroatoms. The fourth-order valence-corrected chi connectivity index (χ4v) is 2.24. The van der Waals surface area contributed by atoms with Crippen LogP contribution in [0.4, 0.5) is 0 Å². The highest BCUT2D eigenvalue weighted by atomic mass is 127. The van der Waals surface area contributed by atoms with Crippen LogP contribution in [0.15, 0.2) is 12.3 Å². The normalized spacial score (nSPS) is 14.9. The van der Waals surface area contributed by atoms with Crippen molar-refractivity contribution in [1.82, 2.24) is 4.98 Å². The number of pyridine rings is 1. The van der Waals surface area contributed by atoms with Crippen LogP contribution in [0.5, 0.6) is 0 Å². The molecule has 1 atom stereocenters. The van der Waals surface area contributed by atoms with Crippen molar-refractivity contribution in [1.29, 1.82) is 0 Å². The topological polar surface area (TPSA) is 76.2 Å². The van der Waals surface area contributed by atoms with Crippen molar-refractivity contribution in [3.63, 3.8) is 0 Å². The molecule has 0 saturated carbocycles. The minimum atomic E-state index is -1.44. The molecule has 4 nitrogen and oxygen atoms in total. The summed E-state index contributed by atoms with van der Waals surface area (Å²) in [6, 6.07) is 1.57. The van der Waals surface area contributed by atoms with Gasteiger partial charge in [-0.3, -0.25) is 0 Å². The quantitative estimate of drug-likeness (QED) is 0.639. The molecule has 0 aliphatic carbocycles. The largest absolute Gasteiger partial charge is 0.480 e. The Hall–Kier alpha value is -0.400. The van der Waals surface area contributed by atoms with Crippen molar-refractivity contribution in [2.45, 2.75) is 12.5 Å². The molecule has 0 aliphatic rings. The molecule has 1 aromatic heterocycles. The zero-order chi connectivity index (χ0) is 10.9. The Labute approximate surface area is 99.6 Å². The molecule has 14 heavy (non-hydrogen) atoms. The third kappa shape index (κ3) is 2.15. The van der Waals surface area contributed by atoms with Crippen molar-refractivity contribution in [2.24, 2.45) is 5.73 Å². The minimum absolute atomic E-state index is 0.319. The number of hydrogen-bond acceptors (Lipinski definition) is 3. The zero-order valence-corrected chi connectivity index (χ0v) is 10.2. The van der Waals surface area contributed by atoms with Gasteiger partial charge in [-0.15, -0.1) is 0 Å². The fourth-order valence-electron chi connectivity index (χ4n) is 0.905. The molecule has 0 fully saturated rings. The van der Waals surface area contributed by atoms with Crippen LogP contribution >= 0.6 is 34.2 Å². The van der Waals surface area contributed by atoms with Gasteiger partial charge in [0.05, 0.1) is 0 Å². The average molecular weight is 327 g/mol. The van der Waals surface area contributed by atoms with Gasteiger partial charge in [0.25, 0.3) is 0 Å². The van der Waals surface area contributed by atoms with Crippen LogP contribution in [0.25, 0.3) is 0 Å². The second-order valence-electron chi connectivity index (χ2n) is 2.99. The second-order valence-corrected chi connectivity index (χ2v) is 4.54. The minimum Gasteiger partial charge on any atom is -0.480 e. The highest BCUT2D eigenvalue weighted by Gasteiger charge is 2.32. The Balaban J connectivity index is 3.26. The van der Waals surface area contributed by atoms with E-state index in [0.717, 1.165) is 0 Å². The van der Waals surface area contributed by atoms with Gasteiger partial charge in [-0.1, -0.05) is 11.6 Å². The number of nitrogens with two attached hydrogens (primary N) is 1. The maximum Gasteiger partial charge on any atom is 0.328 e. The van der Waals surface area contributed by atoms with Gasteiger partial charge in [-0.05, 0) is 35.6 Å². The summed E-state index contributed by atoms with van der Waals surface area (Å²) in [5.74, 6) is -1.10. The molecular weight excluding hydrogens is 318 g/mol. The molecule has 76 valence electrons. The van der Waals surface area contributed by atoms with Crippen LogP contribution in [0.3, 0.4) is 0 Å². The van der Waals surface area contributed by atoms with Crippen molar-refractivity contribution < 1.29 is 9.90 Å². The van der Waals surface area contributed by atoms with E-state index < -0.39 is 11.5 Å². The number of nitrogens with zero attached hydrogens (tertiary/aromatic N) is 1. The lowest BCUT2D eigenvalue weighted by molar-refractivity contribution is -0.143. The van der Waals surface area contributed by atoms with Crippen molar-refractivity contribution in [3.05, 3.63) is 26.5 Å². The lowest BCUT2D eigenvalue weighted by atomic mass is 9.95. The molecule has 1 unspecified atom stereocenters. The first-order chi connectivity index (χ1) is 6.35. The van der Waals surface area contributed by atoms with E-state index in [4.69, 9.17) is 22.4 Å². The Morgan fingerprint density at radius 3 is 2.79 bits per heavy atom. The maximum atomic E-state index is 10.9. The summed E-state index contributed by atoms with van der Waals surface area (Å²) in [5.41, 5.74) is 4.66. The lowest BCUT2D eigenvalue weighted by Gasteiger charge is -2.20. The van der Waals surface area contributed by atoms with E-state index in [0.29, 0.717) is 14.3 Å². The van der Waals surface area contributed by atoms with Crippen molar-refractivity contribution >= 4 is 40.2 Å². The van der Waals surface area contributed by atoms with Gasteiger partial charge < -0.3 is 10.8 Å². The Morgan fingerprint density at radius 1 is 1.79 bits per heavy atom. The number of carboxylic acids is 1. The SMILES string of the molecule is CC(N)(C(=O)O)c1cnc(Cl)cc1I. The molecule has 0 amide bonds. The van der Waals surface area contributed by atoms with E-state index >= 15 is 0 Å². The van der Waals surface area contributed by atoms with Gasteiger partial charge in [0.2, 0.25) is 0 Å². The molecular formula is C8H8ClIN2O2. The van der Waals surface area contributed by atoms with Crippen LogP contribution in [-0.2, 0) is 10.3 Å². The van der Waals surface area contributed by atoms with Gasteiger partial charge in [-0.25, -0.2) is 9.78 Å². The molecule has 1 heterocycles. The van der Waals surface area contributed by atoms with E-state index in [1.165, 1.54) is 13.1 Å². The highest BCUT2D eigenvalue weighted by Crippen LogP contribution is 2.24. The number of hydrogen-bond donors (Lipinski definition) is 2. The average Bonchev–Trinajstić information content (AvgIpc) is 2.02. The summed E-state index contributed by atoms with van der Waals surface area (Å²) in [7, 11) is 0. The van der Waals surface area contributed by atoms with Crippen LogP contribution in [0.1, 0.15) is 12.5 Å². The molecule has 0 radical (unpaired) electrons. The van der Waals surface area contributed by atoms with E-state index in [1.54, 1.807) is 6.07 Å². The monoisotopic (exact) mass is 326 g/mol. The zero-order valence-electron chi connectivity index (χ0n) is 7.29. The molecule has 0 saturated heterocycles. The smallest absolute Gasteiger partial charge is 0.328 e. The van der Waals surface area contributed by atoms with Crippen LogP contribution in [0.2, 0.25) is 5.15 Å². The maximum absolute atomic E-state index is 10.9. The van der Waals surface area contributed by atoms with E-state index in [9.17, 15) is 4.79 Å². The number of halogens is 2. The van der Waals surface area contributed by atoms with E-state index in [2.05, 4.69) is 4.98 Å². The summed E-state index contributed by atoms with van der Waals surface area (Å²) in [6.45, 7) is 1.42. The van der Waals surface area contributed by atoms with Gasteiger partial charge in [0.15, 0.2) is 0 Å². The van der Waals surface area contributed by atoms with Crippen LogP contribution < -0.4 is 5.73 Å². The number of rotatable bonds is 2. The first-order valence-corrected chi connectivity index (χ1v) is 5.15. The van der Waals surface area contributed by atoms with Crippen LogP contribution in [0, 0.1) is 3.57 Å². The number of carbonyl (C=O) groups is 1. The predicted molar refractivity (Wildman–Crippen MR) is 61.1 cm³/mol. The van der Waals surface area contributed by atoms with Gasteiger partial charge >= 0.3 is 5.97 Å². The molecule has 1 rings (SSSR count). The van der Waals surface area contributed by atoms with Gasteiger partial charge in [-0.2, -0.15) is 0 Å². The first kappa shape index (κ1) is 11.7. The van der Waals surface area contributed by atoms with Crippen LogP contribution in [-0.4, -0.2) is 16.1 Å². The summed E-state index contributed by atoms with van der Waals surface area (Å²) >= 11 is 7.62. The number of aliphatic carboxylic acids is 1. The van der Waals surface area contributed by atoms with Gasteiger partial charge in [0.1, 0.15) is 10.7 Å². The Bertz CT molecular complexity index is 382. The molecule has 1 aromatic rings. The summed E-state index contributed by atoms with van der Waals surface area (Å²) in [4.78, 5) is 14.7. The summed E-state index contributed by atoms with van der Waals surface area (Å²) in [5, 5.41) is 9.22. The third-order valence-corrected chi connectivity index (χ3v) is 2.92. The fraction of sp³-hybridized carbons (Fsp3) is 0.250. The van der Waals surface area contributed by atoms with E-state index in [1.807, 2.05) is 22.6 Å². The lowest BCUT2D eigenvalue weighted by Crippen LogP contribution is -2.42. The standard InChI is InChI=1S/C8H8ClIN2O2/c1-8(11,7(13)14)4-3-12-6(9)2-5(4)10/h2-3H,11H2,1H3,(H,13,14).